The van der Waals surface area contributed by atoms with Crippen molar-refractivity contribution in [1.82, 2.24) is 0 Å². The van der Waals surface area contributed by atoms with Gasteiger partial charge in [-0.05, 0) is 59.2 Å². The molecule has 0 saturated heterocycles. The number of hydrogen-bond acceptors (Lipinski definition) is 1. The molecule has 1 nitrogen and oxygen atoms in total. The Labute approximate surface area is 111 Å². The molecular formula is C16H13ClO. The van der Waals surface area contributed by atoms with Gasteiger partial charge >= 0.3 is 0 Å². The van der Waals surface area contributed by atoms with E-state index < -0.39 is 0 Å². The van der Waals surface area contributed by atoms with Gasteiger partial charge in [0.1, 0.15) is 0 Å². The highest BCUT2D eigenvalue weighted by Gasteiger charge is 2.18. The lowest BCUT2D eigenvalue weighted by molar-refractivity contribution is 0.108. The van der Waals surface area contributed by atoms with Gasteiger partial charge in [-0.25, -0.2) is 0 Å². The average Bonchev–Trinajstić information content (AvgIpc) is 2.57. The van der Waals surface area contributed by atoms with Crippen molar-refractivity contribution in [2.24, 2.45) is 0 Å². The normalized spacial score (nSPS) is 13.4. The summed E-state index contributed by atoms with van der Waals surface area (Å²) in [6.45, 7) is 0. The summed E-state index contributed by atoms with van der Waals surface area (Å²) < 4.78 is 0. The maximum atomic E-state index is 11.5. The minimum absolute atomic E-state index is 0.355. The monoisotopic (exact) mass is 256 g/mol. The van der Waals surface area contributed by atoms with Crippen molar-refractivity contribution in [3.8, 4) is 11.1 Å². The zero-order valence-electron chi connectivity index (χ0n) is 9.95. The Morgan fingerprint density at radius 1 is 0.944 bits per heavy atom. The van der Waals surface area contributed by atoms with Gasteiger partial charge in [-0.2, -0.15) is 0 Å². The zero-order valence-corrected chi connectivity index (χ0v) is 10.7. The molecule has 0 amide bonds. The Balaban J connectivity index is 2.28. The number of benzene rings is 2. The first-order valence-corrected chi connectivity index (χ1v) is 6.55. The highest BCUT2D eigenvalue weighted by molar-refractivity contribution is 6.68. The van der Waals surface area contributed by atoms with Crippen LogP contribution in [0.5, 0.6) is 0 Å². The predicted molar refractivity (Wildman–Crippen MR) is 74.1 cm³/mol. The Morgan fingerprint density at radius 2 is 1.72 bits per heavy atom. The van der Waals surface area contributed by atoms with Gasteiger partial charge in [0.05, 0.1) is 0 Å². The van der Waals surface area contributed by atoms with E-state index in [1.807, 2.05) is 18.2 Å². The fourth-order valence-electron chi connectivity index (χ4n) is 2.75. The van der Waals surface area contributed by atoms with E-state index in [2.05, 4.69) is 24.3 Å². The third kappa shape index (κ3) is 1.85. The summed E-state index contributed by atoms with van der Waals surface area (Å²) in [6, 6.07) is 14.2. The highest BCUT2D eigenvalue weighted by atomic mass is 35.5. The molecule has 0 spiro atoms. The second-order valence-corrected chi connectivity index (χ2v) is 4.96. The van der Waals surface area contributed by atoms with Gasteiger partial charge < -0.3 is 0 Å². The maximum absolute atomic E-state index is 11.5. The lowest BCUT2D eigenvalue weighted by Gasteiger charge is -2.11. The summed E-state index contributed by atoms with van der Waals surface area (Å²) in [5.41, 5.74) is 5.52. The van der Waals surface area contributed by atoms with E-state index in [1.54, 1.807) is 0 Å². The fraction of sp³-hybridized carbons (Fsp3) is 0.188. The Hall–Kier alpha value is -1.60. The number of halogens is 1. The van der Waals surface area contributed by atoms with E-state index in [0.717, 1.165) is 30.4 Å². The molecule has 0 atom stereocenters. The lowest BCUT2D eigenvalue weighted by atomic mass is 9.94. The van der Waals surface area contributed by atoms with Gasteiger partial charge in [-0.1, -0.05) is 36.4 Å². The van der Waals surface area contributed by atoms with Crippen molar-refractivity contribution in [3.63, 3.8) is 0 Å². The van der Waals surface area contributed by atoms with E-state index >= 15 is 0 Å². The molecule has 2 aromatic carbocycles. The number of hydrogen-bond donors (Lipinski definition) is 0. The van der Waals surface area contributed by atoms with Crippen molar-refractivity contribution < 1.29 is 4.79 Å². The van der Waals surface area contributed by atoms with Crippen molar-refractivity contribution >= 4 is 16.8 Å². The van der Waals surface area contributed by atoms with Gasteiger partial charge in [0.2, 0.25) is 0 Å². The molecule has 0 fully saturated rings. The van der Waals surface area contributed by atoms with E-state index in [-0.39, 0.29) is 5.24 Å². The molecule has 0 unspecified atom stereocenters. The molecule has 0 heterocycles. The summed E-state index contributed by atoms with van der Waals surface area (Å²) in [5.74, 6) is 0. The molecule has 90 valence electrons. The van der Waals surface area contributed by atoms with Crippen molar-refractivity contribution in [2.45, 2.75) is 19.3 Å². The number of carbonyl (C=O) groups excluding carboxylic acids is 1. The van der Waals surface area contributed by atoms with Crippen LogP contribution < -0.4 is 0 Å². The van der Waals surface area contributed by atoms with Crippen LogP contribution >= 0.6 is 11.6 Å². The summed E-state index contributed by atoms with van der Waals surface area (Å²) >= 11 is 5.68. The maximum Gasteiger partial charge on any atom is 0.252 e. The lowest BCUT2D eigenvalue weighted by Crippen LogP contribution is -1.99. The molecule has 0 radical (unpaired) electrons. The summed E-state index contributed by atoms with van der Waals surface area (Å²) in [4.78, 5) is 11.5. The molecule has 18 heavy (non-hydrogen) atoms. The van der Waals surface area contributed by atoms with Crippen LogP contribution in [0.25, 0.3) is 11.1 Å². The third-order valence-electron chi connectivity index (χ3n) is 3.57. The molecule has 0 bridgehead atoms. The van der Waals surface area contributed by atoms with E-state index in [1.165, 1.54) is 11.1 Å². The van der Waals surface area contributed by atoms with Gasteiger partial charge in [-0.3, -0.25) is 4.79 Å². The van der Waals surface area contributed by atoms with Gasteiger partial charge in [0.15, 0.2) is 0 Å². The summed E-state index contributed by atoms with van der Waals surface area (Å²) in [6.07, 6.45) is 3.03. The van der Waals surface area contributed by atoms with Crippen LogP contribution in [0.15, 0.2) is 42.5 Å². The molecular weight excluding hydrogens is 244 g/mol. The van der Waals surface area contributed by atoms with E-state index in [9.17, 15) is 4.79 Å². The SMILES string of the molecule is O=C(Cl)c1cccc2c1CCCc1ccccc1-2. The molecule has 0 aromatic heterocycles. The van der Waals surface area contributed by atoms with E-state index in [4.69, 9.17) is 11.6 Å². The molecule has 2 heteroatoms. The van der Waals surface area contributed by atoms with Gasteiger partial charge in [0.25, 0.3) is 5.24 Å². The minimum atomic E-state index is -0.355. The van der Waals surface area contributed by atoms with Crippen LogP contribution in [0.1, 0.15) is 27.9 Å². The topological polar surface area (TPSA) is 17.1 Å². The van der Waals surface area contributed by atoms with Crippen molar-refractivity contribution in [1.29, 1.82) is 0 Å². The largest absolute Gasteiger partial charge is 0.276 e. The number of carbonyl (C=O) groups is 1. The van der Waals surface area contributed by atoms with Crippen molar-refractivity contribution in [3.05, 3.63) is 59.2 Å². The first-order valence-electron chi connectivity index (χ1n) is 6.17. The smallest absolute Gasteiger partial charge is 0.252 e. The second-order valence-electron chi connectivity index (χ2n) is 4.62. The summed E-state index contributed by atoms with van der Waals surface area (Å²) in [5, 5.41) is -0.355. The third-order valence-corrected chi connectivity index (χ3v) is 3.77. The zero-order chi connectivity index (χ0) is 12.5. The number of fused-ring (bicyclic) bond motifs is 3. The van der Waals surface area contributed by atoms with Crippen LogP contribution in [0, 0.1) is 0 Å². The number of aryl methyl sites for hydroxylation is 1. The first-order chi connectivity index (χ1) is 8.77. The van der Waals surface area contributed by atoms with E-state index in [0.29, 0.717) is 5.56 Å². The van der Waals surface area contributed by atoms with Gasteiger partial charge in [-0.15, -0.1) is 0 Å². The van der Waals surface area contributed by atoms with Gasteiger partial charge in [0, 0.05) is 5.56 Å². The van der Waals surface area contributed by atoms with Crippen LogP contribution in [0.2, 0.25) is 0 Å². The number of rotatable bonds is 1. The molecule has 0 N–H and O–H groups in total. The molecule has 1 aliphatic carbocycles. The first kappa shape index (κ1) is 11.5. The second kappa shape index (κ2) is 4.58. The fourth-order valence-corrected chi connectivity index (χ4v) is 2.93. The quantitative estimate of drug-likeness (QED) is 0.698. The minimum Gasteiger partial charge on any atom is -0.276 e. The van der Waals surface area contributed by atoms with Crippen molar-refractivity contribution in [2.75, 3.05) is 0 Å². The molecule has 2 aromatic rings. The average molecular weight is 257 g/mol. The van der Waals surface area contributed by atoms with Crippen LogP contribution in [0.4, 0.5) is 0 Å². The van der Waals surface area contributed by atoms with Crippen LogP contribution in [-0.4, -0.2) is 5.24 Å². The summed E-state index contributed by atoms with van der Waals surface area (Å²) in [7, 11) is 0. The molecule has 1 aliphatic rings. The van der Waals surface area contributed by atoms with Crippen LogP contribution in [0.3, 0.4) is 0 Å². The van der Waals surface area contributed by atoms with Crippen LogP contribution in [-0.2, 0) is 12.8 Å². The Bertz CT molecular complexity index is 616. The molecule has 0 saturated carbocycles. The highest BCUT2D eigenvalue weighted by Crippen LogP contribution is 2.34. The standard InChI is InChI=1S/C16H13ClO/c17-16(18)15-10-4-9-13-12-7-2-1-5-11(12)6-3-8-14(13)15/h1-2,4-5,7,9-10H,3,6,8H2. The molecule has 0 aliphatic heterocycles. The Kier molecular flexibility index (Phi) is 2.92. The molecule has 3 rings (SSSR count). The predicted octanol–water partition coefficient (Wildman–Crippen LogP) is 4.22. The Morgan fingerprint density at radius 3 is 2.56 bits per heavy atom.